The molecule has 1 rings (SSSR count). The van der Waals surface area contributed by atoms with E-state index in [1.165, 1.54) is 0 Å². The zero-order valence-corrected chi connectivity index (χ0v) is 9.17. The number of hydrogen-bond acceptors (Lipinski definition) is 2. The molecule has 0 saturated carbocycles. The summed E-state index contributed by atoms with van der Waals surface area (Å²) < 4.78 is 0.717. The normalized spacial score (nSPS) is 10.0. The molecule has 3 heteroatoms. The van der Waals surface area contributed by atoms with Crippen LogP contribution in [-0.2, 0) is 0 Å². The van der Waals surface area contributed by atoms with Crippen molar-refractivity contribution in [2.45, 2.75) is 26.2 Å². The third-order valence-electron chi connectivity index (χ3n) is 1.76. The van der Waals surface area contributed by atoms with Crippen LogP contribution in [0.1, 0.15) is 36.7 Å². The van der Waals surface area contributed by atoms with Crippen molar-refractivity contribution in [1.29, 1.82) is 0 Å². The minimum atomic E-state index is 0.128. The summed E-state index contributed by atoms with van der Waals surface area (Å²) in [6.07, 6.45) is 2.58. The van der Waals surface area contributed by atoms with Crippen LogP contribution in [0.5, 0.6) is 0 Å². The standard InChI is InChI=1S/C10H12BrNO/c1-2-3-6-9(13)8-5-4-7-10(11)12-8/h4-5,7H,2-3,6H2,1H3. The van der Waals surface area contributed by atoms with Crippen molar-refractivity contribution in [3.63, 3.8) is 0 Å². The summed E-state index contributed by atoms with van der Waals surface area (Å²) in [7, 11) is 0. The van der Waals surface area contributed by atoms with Gasteiger partial charge in [-0.3, -0.25) is 4.79 Å². The van der Waals surface area contributed by atoms with Gasteiger partial charge in [0.15, 0.2) is 5.78 Å². The van der Waals surface area contributed by atoms with Gasteiger partial charge in [0.2, 0.25) is 0 Å². The van der Waals surface area contributed by atoms with E-state index in [0.29, 0.717) is 12.1 Å². The number of halogens is 1. The van der Waals surface area contributed by atoms with Crippen LogP contribution in [0, 0.1) is 0 Å². The summed E-state index contributed by atoms with van der Waals surface area (Å²) in [6, 6.07) is 5.40. The number of carbonyl (C=O) groups is 1. The Morgan fingerprint density at radius 1 is 1.54 bits per heavy atom. The van der Waals surface area contributed by atoms with Gasteiger partial charge >= 0.3 is 0 Å². The zero-order chi connectivity index (χ0) is 9.68. The highest BCUT2D eigenvalue weighted by molar-refractivity contribution is 9.10. The fourth-order valence-corrected chi connectivity index (χ4v) is 1.37. The largest absolute Gasteiger partial charge is 0.292 e. The first-order valence-electron chi connectivity index (χ1n) is 4.39. The molecule has 0 aliphatic rings. The van der Waals surface area contributed by atoms with Gasteiger partial charge in [-0.05, 0) is 34.5 Å². The number of unbranched alkanes of at least 4 members (excludes halogenated alkanes) is 1. The average Bonchev–Trinajstić information content (AvgIpc) is 2.14. The van der Waals surface area contributed by atoms with Crippen molar-refractivity contribution in [2.24, 2.45) is 0 Å². The highest BCUT2D eigenvalue weighted by Crippen LogP contribution is 2.09. The summed E-state index contributed by atoms with van der Waals surface area (Å²) in [4.78, 5) is 15.6. The van der Waals surface area contributed by atoms with Crippen molar-refractivity contribution >= 4 is 21.7 Å². The quantitative estimate of drug-likeness (QED) is 0.599. The average molecular weight is 242 g/mol. The lowest BCUT2D eigenvalue weighted by atomic mass is 10.1. The van der Waals surface area contributed by atoms with E-state index in [1.807, 2.05) is 12.1 Å². The molecule has 2 nitrogen and oxygen atoms in total. The van der Waals surface area contributed by atoms with Gasteiger partial charge in [0.1, 0.15) is 10.3 Å². The Balaban J connectivity index is 2.66. The first kappa shape index (κ1) is 10.4. The first-order chi connectivity index (χ1) is 6.24. The Bertz CT molecular complexity index is 299. The van der Waals surface area contributed by atoms with E-state index >= 15 is 0 Å². The molecular formula is C10H12BrNO. The topological polar surface area (TPSA) is 30.0 Å². The number of pyridine rings is 1. The molecule has 0 spiro atoms. The molecule has 13 heavy (non-hydrogen) atoms. The summed E-state index contributed by atoms with van der Waals surface area (Å²) in [5.74, 6) is 0.128. The summed E-state index contributed by atoms with van der Waals surface area (Å²) >= 11 is 3.24. The maximum atomic E-state index is 11.5. The number of ketones is 1. The van der Waals surface area contributed by atoms with E-state index in [2.05, 4.69) is 27.8 Å². The second kappa shape index (κ2) is 5.12. The Morgan fingerprint density at radius 2 is 2.31 bits per heavy atom. The van der Waals surface area contributed by atoms with Gasteiger partial charge in [-0.15, -0.1) is 0 Å². The zero-order valence-electron chi connectivity index (χ0n) is 7.59. The Morgan fingerprint density at radius 3 is 2.92 bits per heavy atom. The maximum absolute atomic E-state index is 11.5. The summed E-state index contributed by atoms with van der Waals surface area (Å²) in [5.41, 5.74) is 0.558. The van der Waals surface area contributed by atoms with Crippen molar-refractivity contribution < 1.29 is 4.79 Å². The first-order valence-corrected chi connectivity index (χ1v) is 5.19. The van der Waals surface area contributed by atoms with Crippen LogP contribution >= 0.6 is 15.9 Å². The SMILES string of the molecule is CCCCC(=O)c1cccc(Br)n1. The summed E-state index contributed by atoms with van der Waals surface area (Å²) in [6.45, 7) is 2.07. The molecule has 70 valence electrons. The molecular weight excluding hydrogens is 230 g/mol. The van der Waals surface area contributed by atoms with Gasteiger partial charge in [-0.25, -0.2) is 4.98 Å². The van der Waals surface area contributed by atoms with Crippen LogP contribution in [0.25, 0.3) is 0 Å². The lowest BCUT2D eigenvalue weighted by molar-refractivity contribution is 0.0975. The molecule has 0 aliphatic heterocycles. The summed E-state index contributed by atoms with van der Waals surface area (Å²) in [5, 5.41) is 0. The van der Waals surface area contributed by atoms with E-state index in [0.717, 1.165) is 17.4 Å². The lowest BCUT2D eigenvalue weighted by Gasteiger charge is -1.98. The number of nitrogens with zero attached hydrogens (tertiary/aromatic N) is 1. The molecule has 0 unspecified atom stereocenters. The number of Topliss-reactive ketones (excluding diaryl/α,β-unsaturated/α-hetero) is 1. The predicted octanol–water partition coefficient (Wildman–Crippen LogP) is 3.22. The van der Waals surface area contributed by atoms with Crippen LogP contribution in [0.15, 0.2) is 22.8 Å². The van der Waals surface area contributed by atoms with E-state index in [1.54, 1.807) is 6.07 Å². The molecule has 0 radical (unpaired) electrons. The van der Waals surface area contributed by atoms with Gasteiger partial charge < -0.3 is 0 Å². The van der Waals surface area contributed by atoms with E-state index in [4.69, 9.17) is 0 Å². The van der Waals surface area contributed by atoms with Gasteiger partial charge in [0, 0.05) is 6.42 Å². The van der Waals surface area contributed by atoms with Crippen LogP contribution in [0.4, 0.5) is 0 Å². The molecule has 1 heterocycles. The minimum Gasteiger partial charge on any atom is -0.292 e. The molecule has 0 saturated heterocycles. The molecule has 0 fully saturated rings. The van der Waals surface area contributed by atoms with Gasteiger partial charge in [-0.2, -0.15) is 0 Å². The molecule has 0 atom stereocenters. The molecule has 0 bridgehead atoms. The molecule has 1 aromatic heterocycles. The van der Waals surface area contributed by atoms with Gasteiger partial charge in [0.25, 0.3) is 0 Å². The van der Waals surface area contributed by atoms with E-state index < -0.39 is 0 Å². The second-order valence-corrected chi connectivity index (χ2v) is 3.68. The van der Waals surface area contributed by atoms with Gasteiger partial charge in [-0.1, -0.05) is 19.4 Å². The Hall–Kier alpha value is -0.700. The van der Waals surface area contributed by atoms with Gasteiger partial charge in [0.05, 0.1) is 0 Å². The van der Waals surface area contributed by atoms with Crippen LogP contribution in [0.2, 0.25) is 0 Å². The van der Waals surface area contributed by atoms with Crippen molar-refractivity contribution in [3.05, 3.63) is 28.5 Å². The molecule has 0 aromatic carbocycles. The number of carbonyl (C=O) groups excluding carboxylic acids is 1. The number of hydrogen-bond donors (Lipinski definition) is 0. The third-order valence-corrected chi connectivity index (χ3v) is 2.20. The second-order valence-electron chi connectivity index (χ2n) is 2.87. The Labute approximate surface area is 86.5 Å². The lowest BCUT2D eigenvalue weighted by Crippen LogP contribution is -2.01. The van der Waals surface area contributed by atoms with Crippen molar-refractivity contribution in [2.75, 3.05) is 0 Å². The highest BCUT2D eigenvalue weighted by atomic mass is 79.9. The van der Waals surface area contributed by atoms with Crippen molar-refractivity contribution in [1.82, 2.24) is 4.98 Å². The van der Waals surface area contributed by atoms with Crippen LogP contribution in [0.3, 0.4) is 0 Å². The molecule has 0 amide bonds. The Kier molecular flexibility index (Phi) is 4.09. The molecule has 0 aliphatic carbocycles. The maximum Gasteiger partial charge on any atom is 0.181 e. The van der Waals surface area contributed by atoms with Crippen molar-refractivity contribution in [3.8, 4) is 0 Å². The smallest absolute Gasteiger partial charge is 0.181 e. The number of rotatable bonds is 4. The fraction of sp³-hybridized carbons (Fsp3) is 0.400. The van der Waals surface area contributed by atoms with Crippen LogP contribution < -0.4 is 0 Å². The minimum absolute atomic E-state index is 0.128. The van der Waals surface area contributed by atoms with Crippen LogP contribution in [-0.4, -0.2) is 10.8 Å². The van der Waals surface area contributed by atoms with E-state index in [9.17, 15) is 4.79 Å². The monoisotopic (exact) mass is 241 g/mol. The molecule has 1 aromatic rings. The van der Waals surface area contributed by atoms with E-state index in [-0.39, 0.29) is 5.78 Å². The number of aromatic nitrogens is 1. The predicted molar refractivity (Wildman–Crippen MR) is 55.8 cm³/mol. The third kappa shape index (κ3) is 3.27. The molecule has 0 N–H and O–H groups in total. The highest BCUT2D eigenvalue weighted by Gasteiger charge is 2.05. The fourth-order valence-electron chi connectivity index (χ4n) is 1.03.